The van der Waals surface area contributed by atoms with Crippen molar-refractivity contribution in [3.63, 3.8) is 0 Å². The third-order valence-corrected chi connectivity index (χ3v) is 4.13. The van der Waals surface area contributed by atoms with E-state index >= 15 is 0 Å². The van der Waals surface area contributed by atoms with Crippen molar-refractivity contribution in [3.05, 3.63) is 61.5 Å². The highest BCUT2D eigenvalue weighted by atomic mass is 79.9. The molecule has 0 atom stereocenters. The summed E-state index contributed by atoms with van der Waals surface area (Å²) in [7, 11) is 0. The highest BCUT2D eigenvalue weighted by Crippen LogP contribution is 2.28. The quantitative estimate of drug-likeness (QED) is 0.657. The molecule has 0 saturated heterocycles. The molecule has 2 aromatic rings. The minimum Gasteiger partial charge on any atom is -0.489 e. The average molecular weight is 360 g/mol. The molecule has 0 bridgehead atoms. The first kappa shape index (κ1) is 14.7. The molecule has 0 amide bonds. The zero-order chi connectivity index (χ0) is 14.0. The Hall–Kier alpha value is -0.700. The first-order valence-electron chi connectivity index (χ1n) is 5.81. The van der Waals surface area contributed by atoms with Crippen molar-refractivity contribution >= 4 is 39.1 Å². The number of hydrogen-bond acceptors (Lipinski definition) is 1. The predicted octanol–water partition coefficient (Wildman–Crippen LogP) is 5.95. The van der Waals surface area contributed by atoms with E-state index in [9.17, 15) is 0 Å². The Morgan fingerprint density at radius 3 is 2.21 bits per heavy atom. The van der Waals surface area contributed by atoms with Gasteiger partial charge in [0.15, 0.2) is 0 Å². The van der Waals surface area contributed by atoms with E-state index < -0.39 is 0 Å². The fourth-order valence-electron chi connectivity index (χ4n) is 1.89. The Balaban J connectivity index is 2.16. The number of hydrogen-bond donors (Lipinski definition) is 0. The minimum atomic E-state index is 0.503. The summed E-state index contributed by atoms with van der Waals surface area (Å²) in [6.07, 6.45) is 0. The molecule has 0 heterocycles. The van der Waals surface area contributed by atoms with E-state index in [1.54, 1.807) is 12.1 Å². The molecule has 0 saturated carbocycles. The predicted molar refractivity (Wildman–Crippen MR) is 84.4 cm³/mol. The molecule has 0 radical (unpaired) electrons. The highest BCUT2D eigenvalue weighted by molar-refractivity contribution is 9.10. The van der Waals surface area contributed by atoms with Crippen LogP contribution in [0.3, 0.4) is 0 Å². The van der Waals surface area contributed by atoms with Crippen LogP contribution in [0.5, 0.6) is 5.75 Å². The molecule has 0 aliphatic heterocycles. The molecule has 0 unspecified atom stereocenters. The van der Waals surface area contributed by atoms with Crippen molar-refractivity contribution in [3.8, 4) is 5.75 Å². The Morgan fingerprint density at radius 1 is 1.00 bits per heavy atom. The van der Waals surface area contributed by atoms with Gasteiger partial charge in [-0.05, 0) is 54.8 Å². The molecule has 0 aliphatic rings. The lowest BCUT2D eigenvalue weighted by atomic mass is 10.0. The van der Waals surface area contributed by atoms with Crippen LogP contribution in [0.4, 0.5) is 0 Å². The molecular formula is C15H13BrCl2O. The Labute approximate surface area is 131 Å². The molecule has 4 heteroatoms. The second kappa shape index (κ2) is 6.17. The lowest BCUT2D eigenvalue weighted by molar-refractivity contribution is 0.304. The van der Waals surface area contributed by atoms with Crippen LogP contribution in [0.25, 0.3) is 0 Å². The molecular weight excluding hydrogens is 347 g/mol. The van der Waals surface area contributed by atoms with Crippen molar-refractivity contribution in [1.82, 2.24) is 0 Å². The first-order valence-corrected chi connectivity index (χ1v) is 7.35. The van der Waals surface area contributed by atoms with E-state index in [1.807, 2.05) is 6.07 Å². The second-order valence-corrected chi connectivity index (χ2v) is 6.11. The maximum Gasteiger partial charge on any atom is 0.121 e. The fraction of sp³-hybridized carbons (Fsp3) is 0.200. The van der Waals surface area contributed by atoms with Gasteiger partial charge in [0, 0.05) is 10.5 Å². The van der Waals surface area contributed by atoms with Crippen LogP contribution in [0.2, 0.25) is 10.0 Å². The van der Waals surface area contributed by atoms with Gasteiger partial charge in [-0.15, -0.1) is 0 Å². The van der Waals surface area contributed by atoms with Gasteiger partial charge in [-0.2, -0.15) is 0 Å². The van der Waals surface area contributed by atoms with Crippen molar-refractivity contribution in [2.75, 3.05) is 0 Å². The molecule has 0 aliphatic carbocycles. The van der Waals surface area contributed by atoms with Gasteiger partial charge in [0.25, 0.3) is 0 Å². The molecule has 100 valence electrons. The molecule has 19 heavy (non-hydrogen) atoms. The average Bonchev–Trinajstić information content (AvgIpc) is 2.32. The van der Waals surface area contributed by atoms with Crippen LogP contribution in [-0.4, -0.2) is 0 Å². The normalized spacial score (nSPS) is 10.6. The fourth-order valence-corrected chi connectivity index (χ4v) is 2.87. The summed E-state index contributed by atoms with van der Waals surface area (Å²) in [6.45, 7) is 4.67. The summed E-state index contributed by atoms with van der Waals surface area (Å²) >= 11 is 15.3. The number of halogens is 3. The van der Waals surface area contributed by atoms with E-state index in [-0.39, 0.29) is 0 Å². The summed E-state index contributed by atoms with van der Waals surface area (Å²) in [4.78, 5) is 0. The third kappa shape index (κ3) is 3.65. The first-order chi connectivity index (χ1) is 8.97. The van der Waals surface area contributed by atoms with Crippen LogP contribution < -0.4 is 4.74 Å². The van der Waals surface area contributed by atoms with Gasteiger partial charge in [0.2, 0.25) is 0 Å². The molecule has 1 nitrogen and oxygen atoms in total. The number of aryl methyl sites for hydroxylation is 2. The number of ether oxygens (including phenoxy) is 1. The highest BCUT2D eigenvalue weighted by Gasteiger charge is 2.06. The zero-order valence-corrected chi connectivity index (χ0v) is 13.7. The molecule has 2 aromatic carbocycles. The van der Waals surface area contributed by atoms with Gasteiger partial charge in [0.1, 0.15) is 12.4 Å². The number of rotatable bonds is 3. The molecule has 2 rings (SSSR count). The summed E-state index contributed by atoms with van der Waals surface area (Å²) in [5, 5.41) is 1.04. The van der Waals surface area contributed by atoms with Crippen LogP contribution in [0.1, 0.15) is 16.7 Å². The molecule has 0 N–H and O–H groups in total. The standard InChI is InChI=1S/C15H13BrCl2O/c1-9-5-11(16)6-10(2)13(9)8-19-12-3-4-14(17)15(18)7-12/h3-7H,8H2,1-2H3. The summed E-state index contributed by atoms with van der Waals surface area (Å²) in [5.74, 6) is 0.719. The van der Waals surface area contributed by atoms with Gasteiger partial charge in [0.05, 0.1) is 10.0 Å². The van der Waals surface area contributed by atoms with Gasteiger partial charge in [-0.25, -0.2) is 0 Å². The van der Waals surface area contributed by atoms with Crippen LogP contribution >= 0.6 is 39.1 Å². The SMILES string of the molecule is Cc1cc(Br)cc(C)c1COc1ccc(Cl)c(Cl)c1. The van der Waals surface area contributed by atoms with Gasteiger partial charge in [-0.3, -0.25) is 0 Å². The van der Waals surface area contributed by atoms with Crippen LogP contribution in [0, 0.1) is 13.8 Å². The van der Waals surface area contributed by atoms with Gasteiger partial charge < -0.3 is 4.74 Å². The summed E-state index contributed by atoms with van der Waals surface area (Å²) in [5.41, 5.74) is 3.59. The Kier molecular flexibility index (Phi) is 4.77. The second-order valence-electron chi connectivity index (χ2n) is 4.38. The van der Waals surface area contributed by atoms with E-state index in [1.165, 1.54) is 16.7 Å². The van der Waals surface area contributed by atoms with Crippen molar-refractivity contribution < 1.29 is 4.74 Å². The summed E-state index contributed by atoms with van der Waals surface area (Å²) < 4.78 is 6.86. The number of benzene rings is 2. The molecule has 0 aromatic heterocycles. The Bertz CT molecular complexity index is 588. The van der Waals surface area contributed by atoms with E-state index in [2.05, 4.69) is 41.9 Å². The van der Waals surface area contributed by atoms with Crippen LogP contribution in [0.15, 0.2) is 34.8 Å². The largest absolute Gasteiger partial charge is 0.489 e. The molecule has 0 fully saturated rings. The van der Waals surface area contributed by atoms with Gasteiger partial charge in [-0.1, -0.05) is 39.1 Å². The van der Waals surface area contributed by atoms with Crippen molar-refractivity contribution in [1.29, 1.82) is 0 Å². The Morgan fingerprint density at radius 2 is 1.63 bits per heavy atom. The van der Waals surface area contributed by atoms with Crippen molar-refractivity contribution in [2.24, 2.45) is 0 Å². The third-order valence-electron chi connectivity index (χ3n) is 2.94. The summed E-state index contributed by atoms with van der Waals surface area (Å²) in [6, 6.07) is 9.45. The minimum absolute atomic E-state index is 0.503. The van der Waals surface area contributed by atoms with Crippen molar-refractivity contribution in [2.45, 2.75) is 20.5 Å². The topological polar surface area (TPSA) is 9.23 Å². The zero-order valence-electron chi connectivity index (χ0n) is 10.6. The lowest BCUT2D eigenvalue weighted by Gasteiger charge is -2.12. The monoisotopic (exact) mass is 358 g/mol. The van der Waals surface area contributed by atoms with Gasteiger partial charge >= 0.3 is 0 Å². The maximum atomic E-state index is 5.96. The molecule has 0 spiro atoms. The van der Waals surface area contributed by atoms with E-state index in [0.29, 0.717) is 16.7 Å². The lowest BCUT2D eigenvalue weighted by Crippen LogP contribution is -2.00. The van der Waals surface area contributed by atoms with E-state index in [4.69, 9.17) is 27.9 Å². The van der Waals surface area contributed by atoms with E-state index in [0.717, 1.165) is 10.2 Å². The van der Waals surface area contributed by atoms with Crippen LogP contribution in [-0.2, 0) is 6.61 Å². The smallest absolute Gasteiger partial charge is 0.121 e. The maximum absolute atomic E-state index is 5.96.